The molecule has 0 unspecified atom stereocenters. The van der Waals surface area contributed by atoms with Crippen molar-refractivity contribution in [1.82, 2.24) is 4.98 Å². The van der Waals surface area contributed by atoms with Crippen LogP contribution >= 0.6 is 0 Å². The van der Waals surface area contributed by atoms with Crippen molar-refractivity contribution in [2.45, 2.75) is 18.1 Å². The molecule has 0 fully saturated rings. The van der Waals surface area contributed by atoms with E-state index in [1.807, 2.05) is 18.2 Å². The van der Waals surface area contributed by atoms with Crippen molar-refractivity contribution >= 4 is 14.5 Å². The van der Waals surface area contributed by atoms with Crippen LogP contribution in [0.2, 0.25) is 0 Å². The van der Waals surface area contributed by atoms with Crippen LogP contribution in [-0.4, -0.2) is 19.5 Å². The lowest BCUT2D eigenvalue weighted by Crippen LogP contribution is -2.46. The van der Waals surface area contributed by atoms with Gasteiger partial charge in [0.2, 0.25) is 0 Å². The summed E-state index contributed by atoms with van der Waals surface area (Å²) in [5.74, 6) is 0. The van der Waals surface area contributed by atoms with Gasteiger partial charge in [-0.25, -0.2) is 0 Å². The van der Waals surface area contributed by atoms with Crippen LogP contribution in [0.3, 0.4) is 0 Å². The van der Waals surface area contributed by atoms with Crippen molar-refractivity contribution < 1.29 is 4.53 Å². The van der Waals surface area contributed by atoms with Crippen LogP contribution in [0.25, 0.3) is 0 Å². The Hall–Kier alpha value is -3.50. The van der Waals surface area contributed by atoms with E-state index >= 15 is 0 Å². The molecule has 0 amide bonds. The Labute approximate surface area is 185 Å². The molecule has 3 aromatic carbocycles. The van der Waals surface area contributed by atoms with Crippen molar-refractivity contribution in [3.63, 3.8) is 0 Å². The van der Waals surface area contributed by atoms with E-state index in [2.05, 4.69) is 101 Å². The molecule has 154 valence electrons. The summed E-state index contributed by atoms with van der Waals surface area (Å²) in [4.78, 5) is 4.34. The number of oxime groups is 1. The van der Waals surface area contributed by atoms with Gasteiger partial charge in [-0.3, -0.25) is 4.98 Å². The van der Waals surface area contributed by atoms with Crippen LogP contribution < -0.4 is 0 Å². The second-order valence-electron chi connectivity index (χ2n) is 7.75. The van der Waals surface area contributed by atoms with Crippen molar-refractivity contribution in [2.75, 3.05) is 0 Å². The Bertz CT molecular complexity index is 970. The lowest BCUT2D eigenvalue weighted by Gasteiger charge is -2.29. The van der Waals surface area contributed by atoms with E-state index in [1.165, 1.54) is 16.7 Å². The molecule has 1 aromatic heterocycles. The van der Waals surface area contributed by atoms with Crippen molar-refractivity contribution in [2.24, 2.45) is 5.16 Å². The van der Waals surface area contributed by atoms with Crippen LogP contribution in [0.4, 0.5) is 0 Å². The maximum atomic E-state index is 6.51. The number of rotatable bonds is 9. The van der Waals surface area contributed by atoms with E-state index < -0.39 is 8.32 Å². The molecule has 1 heterocycles. The summed E-state index contributed by atoms with van der Waals surface area (Å²) in [6.07, 6.45) is 3.49. The van der Waals surface area contributed by atoms with E-state index in [0.717, 1.165) is 23.8 Å². The Morgan fingerprint density at radius 2 is 1.06 bits per heavy atom. The summed E-state index contributed by atoms with van der Waals surface area (Å²) in [5.41, 5.74) is 4.65. The number of benzene rings is 3. The maximum absolute atomic E-state index is 6.51. The highest BCUT2D eigenvalue weighted by molar-refractivity contribution is 6.72. The van der Waals surface area contributed by atoms with Gasteiger partial charge >= 0.3 is 0 Å². The molecule has 0 saturated heterocycles. The zero-order chi connectivity index (χ0) is 21.2. The van der Waals surface area contributed by atoms with E-state index in [9.17, 15) is 0 Å². The first-order valence-electron chi connectivity index (χ1n) is 10.6. The molecule has 0 atom stereocenters. The quantitative estimate of drug-likeness (QED) is 0.196. The minimum absolute atomic E-state index is 0.796. The Morgan fingerprint density at radius 3 is 1.48 bits per heavy atom. The number of pyridine rings is 1. The zero-order valence-corrected chi connectivity index (χ0v) is 18.5. The molecule has 0 N–H and O–H groups in total. The van der Waals surface area contributed by atoms with Crippen LogP contribution in [-0.2, 0) is 22.7 Å². The number of hydrogen-bond acceptors (Lipinski definition) is 3. The topological polar surface area (TPSA) is 34.5 Å². The highest BCUT2D eigenvalue weighted by Gasteiger charge is 2.39. The summed E-state index contributed by atoms with van der Waals surface area (Å²) in [7, 11) is -2.40. The average Bonchev–Trinajstić information content (AvgIpc) is 2.82. The molecule has 0 aliphatic heterocycles. The molecule has 4 heteroatoms. The molecule has 0 aliphatic rings. The third-order valence-electron chi connectivity index (χ3n) is 5.23. The molecule has 0 aliphatic carbocycles. The van der Waals surface area contributed by atoms with Gasteiger partial charge in [0.05, 0.1) is 11.9 Å². The highest BCUT2D eigenvalue weighted by Crippen LogP contribution is 2.24. The molecular formula is C27H26N2OSi. The number of hydrogen-bond donors (Lipinski definition) is 0. The fourth-order valence-corrected chi connectivity index (χ4v) is 7.62. The van der Waals surface area contributed by atoms with Gasteiger partial charge in [0.15, 0.2) is 0 Å². The molecule has 31 heavy (non-hydrogen) atoms. The van der Waals surface area contributed by atoms with Crippen molar-refractivity contribution in [3.8, 4) is 0 Å². The van der Waals surface area contributed by atoms with Gasteiger partial charge in [-0.05, 0) is 28.8 Å². The minimum Gasteiger partial charge on any atom is -0.454 e. The van der Waals surface area contributed by atoms with Gasteiger partial charge in [0.1, 0.15) is 0 Å². The van der Waals surface area contributed by atoms with E-state index in [-0.39, 0.29) is 0 Å². The van der Waals surface area contributed by atoms with E-state index in [1.54, 1.807) is 12.4 Å². The molecule has 3 nitrogen and oxygen atoms in total. The number of nitrogens with zero attached hydrogens (tertiary/aromatic N) is 2. The fraction of sp³-hybridized carbons (Fsp3) is 0.111. The van der Waals surface area contributed by atoms with Crippen LogP contribution in [0.15, 0.2) is 121 Å². The van der Waals surface area contributed by atoms with Gasteiger partial charge in [-0.15, -0.1) is 5.16 Å². The van der Waals surface area contributed by atoms with E-state index in [0.29, 0.717) is 0 Å². The van der Waals surface area contributed by atoms with Crippen LogP contribution in [0, 0.1) is 0 Å². The molecule has 0 bridgehead atoms. The van der Waals surface area contributed by atoms with E-state index in [4.69, 9.17) is 4.53 Å². The number of aromatic nitrogens is 1. The monoisotopic (exact) mass is 422 g/mol. The van der Waals surface area contributed by atoms with Crippen LogP contribution in [0.5, 0.6) is 0 Å². The largest absolute Gasteiger partial charge is 0.454 e. The second kappa shape index (κ2) is 10.5. The SMILES string of the molecule is C(=NO[Si](Cc1ccccc1)(Cc1ccccc1)Cc1ccccc1)c1ccccn1. The summed E-state index contributed by atoms with van der Waals surface area (Å²) in [6.45, 7) is 0. The highest BCUT2D eigenvalue weighted by atomic mass is 28.4. The molecule has 4 rings (SSSR count). The van der Waals surface area contributed by atoms with Crippen molar-refractivity contribution in [1.29, 1.82) is 0 Å². The normalized spacial score (nSPS) is 11.5. The standard InChI is InChI=1S/C27H26N2OSi/c1-4-12-24(13-5-1)21-31(22-25-14-6-2-7-15-25,23-26-16-8-3-9-17-26)30-29-20-27-18-10-11-19-28-27/h1-20H,21-23H2. The fourth-order valence-electron chi connectivity index (χ4n) is 3.83. The Morgan fingerprint density at radius 1 is 0.613 bits per heavy atom. The van der Waals surface area contributed by atoms with Crippen molar-refractivity contribution in [3.05, 3.63) is 138 Å². The predicted molar refractivity (Wildman–Crippen MR) is 129 cm³/mol. The zero-order valence-electron chi connectivity index (χ0n) is 17.5. The first kappa shape index (κ1) is 20.8. The molecule has 0 spiro atoms. The first-order chi connectivity index (χ1) is 15.3. The molecule has 4 aromatic rings. The lowest BCUT2D eigenvalue weighted by molar-refractivity contribution is 0.319. The lowest BCUT2D eigenvalue weighted by atomic mass is 10.2. The summed E-state index contributed by atoms with van der Waals surface area (Å²) >= 11 is 0. The maximum Gasteiger partial charge on any atom is 0.300 e. The van der Waals surface area contributed by atoms with Crippen LogP contribution in [0.1, 0.15) is 22.4 Å². The third kappa shape index (κ3) is 6.24. The van der Waals surface area contributed by atoms with Gasteiger partial charge < -0.3 is 4.53 Å². The van der Waals surface area contributed by atoms with Gasteiger partial charge in [-0.1, -0.05) is 97.1 Å². The molecule has 0 saturated carbocycles. The summed E-state index contributed by atoms with van der Waals surface area (Å²) < 4.78 is 6.51. The first-order valence-corrected chi connectivity index (χ1v) is 13.1. The Kier molecular flexibility index (Phi) is 7.03. The second-order valence-corrected chi connectivity index (χ2v) is 11.4. The van der Waals surface area contributed by atoms with Gasteiger partial charge in [-0.2, -0.15) is 0 Å². The third-order valence-corrected chi connectivity index (χ3v) is 8.88. The smallest absolute Gasteiger partial charge is 0.300 e. The van der Waals surface area contributed by atoms with Gasteiger partial charge in [0.25, 0.3) is 8.32 Å². The molecule has 0 radical (unpaired) electrons. The summed E-state index contributed by atoms with van der Waals surface area (Å²) in [6, 6.07) is 40.3. The Balaban J connectivity index is 1.69. The van der Waals surface area contributed by atoms with Gasteiger partial charge in [0, 0.05) is 24.3 Å². The minimum atomic E-state index is -2.40. The predicted octanol–water partition coefficient (Wildman–Crippen LogP) is 5.72. The summed E-state index contributed by atoms with van der Waals surface area (Å²) in [5, 5.41) is 4.48. The molecular weight excluding hydrogens is 396 g/mol. The average molecular weight is 423 g/mol.